The van der Waals surface area contributed by atoms with Gasteiger partial charge in [-0.25, -0.2) is 4.98 Å². The highest BCUT2D eigenvalue weighted by Crippen LogP contribution is 2.37. The number of hydrogen-bond acceptors (Lipinski definition) is 4. The van der Waals surface area contributed by atoms with Crippen LogP contribution in [0.2, 0.25) is 10.0 Å². The van der Waals surface area contributed by atoms with Crippen LogP contribution in [0.3, 0.4) is 0 Å². The van der Waals surface area contributed by atoms with Crippen LogP contribution in [-0.2, 0) is 19.7 Å². The number of nitrogens with zero attached hydrogens (tertiary/aromatic N) is 2. The van der Waals surface area contributed by atoms with E-state index in [4.69, 9.17) is 32.7 Å². The molecule has 0 aliphatic carbocycles. The van der Waals surface area contributed by atoms with E-state index in [1.807, 2.05) is 31.6 Å². The molecule has 0 saturated carbocycles. The number of halogens is 3. The number of nitrogens with one attached hydrogen (secondary N) is 1. The van der Waals surface area contributed by atoms with E-state index in [-0.39, 0.29) is 0 Å². The first kappa shape index (κ1) is 22.9. The molecule has 30 heavy (non-hydrogen) atoms. The summed E-state index contributed by atoms with van der Waals surface area (Å²) < 4.78 is 14.8. The van der Waals surface area contributed by atoms with Crippen molar-refractivity contribution in [3.63, 3.8) is 0 Å². The molecule has 3 rings (SSSR count). The van der Waals surface area contributed by atoms with Gasteiger partial charge in [-0.05, 0) is 71.2 Å². The third kappa shape index (κ3) is 6.64. The number of hydrogen-bond donors (Lipinski definition) is 1. The highest BCUT2D eigenvalue weighted by atomic mass is 79.9. The van der Waals surface area contributed by atoms with Crippen LogP contribution < -0.4 is 14.8 Å². The number of aryl methyl sites for hydroxylation is 1. The van der Waals surface area contributed by atoms with Gasteiger partial charge in [0.15, 0.2) is 11.5 Å². The molecule has 1 aromatic heterocycles. The maximum Gasteiger partial charge on any atom is 0.175 e. The van der Waals surface area contributed by atoms with Gasteiger partial charge < -0.3 is 19.4 Å². The predicted octanol–water partition coefficient (Wildman–Crippen LogP) is 6.11. The first-order chi connectivity index (χ1) is 14.6. The van der Waals surface area contributed by atoms with E-state index >= 15 is 0 Å². The molecule has 3 aromatic rings. The summed E-state index contributed by atoms with van der Waals surface area (Å²) >= 11 is 15.7. The molecule has 0 fully saturated rings. The molecule has 0 radical (unpaired) electrons. The van der Waals surface area contributed by atoms with Crippen molar-refractivity contribution < 1.29 is 9.47 Å². The summed E-state index contributed by atoms with van der Waals surface area (Å²) in [5, 5.41) is 4.51. The smallest absolute Gasteiger partial charge is 0.175 e. The molecule has 0 amide bonds. The highest BCUT2D eigenvalue weighted by molar-refractivity contribution is 9.10. The molecular formula is C22H24BrCl2N3O2. The Labute approximate surface area is 195 Å². The summed E-state index contributed by atoms with van der Waals surface area (Å²) in [6.45, 7) is 5.48. The first-order valence-corrected chi connectivity index (χ1v) is 11.3. The lowest BCUT2D eigenvalue weighted by atomic mass is 10.2. The number of ether oxygens (including phenoxy) is 2. The Morgan fingerprint density at radius 2 is 1.97 bits per heavy atom. The van der Waals surface area contributed by atoms with Gasteiger partial charge in [-0.3, -0.25) is 0 Å². The second-order valence-corrected chi connectivity index (χ2v) is 8.37. The number of rotatable bonds is 11. The minimum absolute atomic E-state index is 0.363. The summed E-state index contributed by atoms with van der Waals surface area (Å²) in [5.41, 5.74) is 2.05. The van der Waals surface area contributed by atoms with E-state index in [2.05, 4.69) is 36.9 Å². The zero-order chi connectivity index (χ0) is 21.3. The fourth-order valence-electron chi connectivity index (χ4n) is 2.95. The first-order valence-electron chi connectivity index (χ1n) is 9.75. The molecular weight excluding hydrogens is 489 g/mol. The zero-order valence-electron chi connectivity index (χ0n) is 16.7. The SMILES string of the molecule is CCOc1cc(CNCCCn2ccnc2)cc(Br)c1OCc1ccc(Cl)c(Cl)c1. The summed E-state index contributed by atoms with van der Waals surface area (Å²) in [7, 11) is 0. The lowest BCUT2D eigenvalue weighted by molar-refractivity contribution is 0.267. The van der Waals surface area contributed by atoms with Crippen molar-refractivity contribution in [3.05, 3.63) is 74.7 Å². The van der Waals surface area contributed by atoms with E-state index in [9.17, 15) is 0 Å². The van der Waals surface area contributed by atoms with Gasteiger partial charge in [0, 0.05) is 25.5 Å². The van der Waals surface area contributed by atoms with Crippen molar-refractivity contribution in [1.29, 1.82) is 0 Å². The van der Waals surface area contributed by atoms with Gasteiger partial charge in [-0.1, -0.05) is 29.3 Å². The Morgan fingerprint density at radius 1 is 1.10 bits per heavy atom. The molecule has 1 N–H and O–H groups in total. The van der Waals surface area contributed by atoms with Gasteiger partial charge in [-0.15, -0.1) is 0 Å². The maximum absolute atomic E-state index is 6.10. The van der Waals surface area contributed by atoms with Crippen LogP contribution in [0.1, 0.15) is 24.5 Å². The van der Waals surface area contributed by atoms with Crippen LogP contribution in [0.25, 0.3) is 0 Å². The largest absolute Gasteiger partial charge is 0.490 e. The van der Waals surface area contributed by atoms with Gasteiger partial charge in [0.05, 0.1) is 27.5 Å². The van der Waals surface area contributed by atoms with Gasteiger partial charge in [-0.2, -0.15) is 0 Å². The monoisotopic (exact) mass is 511 g/mol. The minimum atomic E-state index is 0.363. The second kappa shape index (κ2) is 11.6. The van der Waals surface area contributed by atoms with E-state index in [0.29, 0.717) is 34.8 Å². The van der Waals surface area contributed by atoms with Gasteiger partial charge >= 0.3 is 0 Å². The highest BCUT2D eigenvalue weighted by Gasteiger charge is 2.13. The fourth-order valence-corrected chi connectivity index (χ4v) is 3.87. The van der Waals surface area contributed by atoms with Crippen molar-refractivity contribution in [2.45, 2.75) is 33.0 Å². The molecule has 0 atom stereocenters. The summed E-state index contributed by atoms with van der Waals surface area (Å²) in [4.78, 5) is 4.06. The maximum atomic E-state index is 6.10. The average Bonchev–Trinajstić information content (AvgIpc) is 3.23. The third-order valence-electron chi connectivity index (χ3n) is 4.39. The molecule has 0 spiro atoms. The van der Waals surface area contributed by atoms with Crippen LogP contribution in [0.4, 0.5) is 0 Å². The Balaban J connectivity index is 1.59. The van der Waals surface area contributed by atoms with Crippen LogP contribution in [-0.4, -0.2) is 22.7 Å². The number of imidazole rings is 1. The van der Waals surface area contributed by atoms with Crippen molar-refractivity contribution >= 4 is 39.1 Å². The number of aromatic nitrogens is 2. The molecule has 0 aliphatic heterocycles. The molecule has 1 heterocycles. The van der Waals surface area contributed by atoms with Crippen LogP contribution in [0, 0.1) is 0 Å². The molecule has 0 saturated heterocycles. The molecule has 2 aromatic carbocycles. The van der Waals surface area contributed by atoms with E-state index in [0.717, 1.165) is 41.7 Å². The quantitative estimate of drug-likeness (QED) is 0.315. The van der Waals surface area contributed by atoms with E-state index < -0.39 is 0 Å². The Kier molecular flexibility index (Phi) is 8.88. The predicted molar refractivity (Wildman–Crippen MR) is 125 cm³/mol. The van der Waals surface area contributed by atoms with Crippen molar-refractivity contribution in [3.8, 4) is 11.5 Å². The average molecular weight is 513 g/mol. The van der Waals surface area contributed by atoms with Crippen LogP contribution in [0.5, 0.6) is 11.5 Å². The standard InChI is InChI=1S/C22H24BrCl2N3O2/c1-2-29-21-12-17(13-26-6-3-8-28-9-7-27-15-28)10-18(23)22(21)30-14-16-4-5-19(24)20(25)11-16/h4-5,7,9-12,15,26H,2-3,6,8,13-14H2,1H3. The van der Waals surface area contributed by atoms with E-state index in [1.54, 1.807) is 18.3 Å². The molecule has 0 aliphatic rings. The summed E-state index contributed by atoms with van der Waals surface area (Å²) in [6.07, 6.45) is 6.64. The Morgan fingerprint density at radius 3 is 2.70 bits per heavy atom. The van der Waals surface area contributed by atoms with E-state index in [1.165, 1.54) is 0 Å². The van der Waals surface area contributed by atoms with Gasteiger partial charge in [0.1, 0.15) is 6.61 Å². The molecule has 0 bridgehead atoms. The molecule has 5 nitrogen and oxygen atoms in total. The van der Waals surface area contributed by atoms with Gasteiger partial charge in [0.2, 0.25) is 0 Å². The summed E-state index contributed by atoms with van der Waals surface area (Å²) in [5.74, 6) is 1.38. The Hall–Kier alpha value is -1.73. The fraction of sp³-hybridized carbons (Fsp3) is 0.318. The molecule has 8 heteroatoms. The Bertz CT molecular complexity index is 952. The van der Waals surface area contributed by atoms with Crippen LogP contribution >= 0.6 is 39.1 Å². The van der Waals surface area contributed by atoms with Gasteiger partial charge in [0.25, 0.3) is 0 Å². The lowest BCUT2D eigenvalue weighted by Crippen LogP contribution is -2.16. The lowest BCUT2D eigenvalue weighted by Gasteiger charge is -2.16. The normalized spacial score (nSPS) is 10.9. The molecule has 160 valence electrons. The van der Waals surface area contributed by atoms with Crippen molar-refractivity contribution in [2.24, 2.45) is 0 Å². The third-order valence-corrected chi connectivity index (χ3v) is 5.72. The molecule has 0 unspecified atom stereocenters. The van der Waals surface area contributed by atoms with Crippen molar-refractivity contribution in [1.82, 2.24) is 14.9 Å². The van der Waals surface area contributed by atoms with Crippen molar-refractivity contribution in [2.75, 3.05) is 13.2 Å². The zero-order valence-corrected chi connectivity index (χ0v) is 19.8. The second-order valence-electron chi connectivity index (χ2n) is 6.71. The van der Waals surface area contributed by atoms with Crippen LogP contribution in [0.15, 0.2) is 53.5 Å². The summed E-state index contributed by atoms with van der Waals surface area (Å²) in [6, 6.07) is 9.53. The minimum Gasteiger partial charge on any atom is -0.490 e. The number of benzene rings is 2. The topological polar surface area (TPSA) is 48.3 Å².